The minimum absolute atomic E-state index is 0.155. The summed E-state index contributed by atoms with van der Waals surface area (Å²) in [4.78, 5) is 16.6. The van der Waals surface area contributed by atoms with E-state index in [1.54, 1.807) is 0 Å². The lowest BCUT2D eigenvalue weighted by atomic mass is 10.1. The number of nitrogens with zero attached hydrogens (tertiary/aromatic N) is 2. The molecule has 122 valence electrons. The maximum atomic E-state index is 12.3. The molecule has 1 aromatic carbocycles. The van der Waals surface area contributed by atoms with Gasteiger partial charge in [-0.15, -0.1) is 0 Å². The summed E-state index contributed by atoms with van der Waals surface area (Å²) in [7, 11) is 0. The molecule has 1 aliphatic rings. The van der Waals surface area contributed by atoms with Gasteiger partial charge < -0.3 is 19.9 Å². The Balaban J connectivity index is 1.78. The summed E-state index contributed by atoms with van der Waals surface area (Å²) < 4.78 is 10.7. The third-order valence-electron chi connectivity index (χ3n) is 3.75. The van der Waals surface area contributed by atoms with Crippen molar-refractivity contribution in [2.24, 2.45) is 0 Å². The van der Waals surface area contributed by atoms with Gasteiger partial charge in [0.15, 0.2) is 5.82 Å². The van der Waals surface area contributed by atoms with E-state index in [9.17, 15) is 4.79 Å². The number of rotatable bonds is 4. The van der Waals surface area contributed by atoms with Crippen molar-refractivity contribution in [2.75, 3.05) is 25.0 Å². The molecule has 23 heavy (non-hydrogen) atoms. The van der Waals surface area contributed by atoms with Gasteiger partial charge in [-0.25, -0.2) is 0 Å². The second-order valence-corrected chi connectivity index (χ2v) is 5.45. The fourth-order valence-electron chi connectivity index (χ4n) is 2.35. The predicted octanol–water partition coefficient (Wildman–Crippen LogP) is 1.53. The summed E-state index contributed by atoms with van der Waals surface area (Å²) in [6.07, 6.45) is 0.243. The van der Waals surface area contributed by atoms with Crippen LogP contribution in [-0.4, -0.2) is 41.8 Å². The van der Waals surface area contributed by atoms with Crippen LogP contribution in [-0.2, 0) is 16.0 Å². The topological polar surface area (TPSA) is 89.3 Å². The van der Waals surface area contributed by atoms with Gasteiger partial charge in [0.25, 0.3) is 11.8 Å². The first-order chi connectivity index (χ1) is 11.2. The second-order valence-electron chi connectivity index (χ2n) is 5.45. The van der Waals surface area contributed by atoms with Crippen LogP contribution in [0, 0.1) is 6.92 Å². The highest BCUT2D eigenvalue weighted by Gasteiger charge is 2.22. The standard InChI is InChI=1S/C16H20N4O3/c1-3-14-19-16(23-20-14)11-5-4-10(2)12(8-11)18-15(21)13-9-17-6-7-22-13/h4-5,8,13,17H,3,6-7,9H2,1-2H3,(H,18,21). The summed E-state index contributed by atoms with van der Waals surface area (Å²) in [6, 6.07) is 5.66. The van der Waals surface area contributed by atoms with Gasteiger partial charge in [0, 0.05) is 30.8 Å². The highest BCUT2D eigenvalue weighted by atomic mass is 16.5. The van der Waals surface area contributed by atoms with Gasteiger partial charge in [-0.1, -0.05) is 18.1 Å². The normalized spacial score (nSPS) is 17.9. The molecule has 0 saturated carbocycles. The molecular weight excluding hydrogens is 296 g/mol. The summed E-state index contributed by atoms with van der Waals surface area (Å²) in [5, 5.41) is 9.96. The lowest BCUT2D eigenvalue weighted by molar-refractivity contribution is -0.128. The first-order valence-corrected chi connectivity index (χ1v) is 7.74. The van der Waals surface area contributed by atoms with Gasteiger partial charge in [0.2, 0.25) is 0 Å². The number of carbonyl (C=O) groups excluding carboxylic acids is 1. The Morgan fingerprint density at radius 1 is 1.48 bits per heavy atom. The smallest absolute Gasteiger partial charge is 0.257 e. The zero-order valence-electron chi connectivity index (χ0n) is 13.3. The molecule has 0 bridgehead atoms. The van der Waals surface area contributed by atoms with Crippen molar-refractivity contribution in [3.05, 3.63) is 29.6 Å². The van der Waals surface area contributed by atoms with Gasteiger partial charge >= 0.3 is 0 Å². The van der Waals surface area contributed by atoms with Crippen molar-refractivity contribution in [1.29, 1.82) is 0 Å². The Morgan fingerprint density at radius 3 is 3.04 bits per heavy atom. The Labute approximate surface area is 134 Å². The van der Waals surface area contributed by atoms with Crippen LogP contribution >= 0.6 is 0 Å². The molecule has 1 fully saturated rings. The van der Waals surface area contributed by atoms with Crippen molar-refractivity contribution < 1.29 is 14.1 Å². The summed E-state index contributed by atoms with van der Waals surface area (Å²) in [5.74, 6) is 0.956. The molecule has 7 nitrogen and oxygen atoms in total. The number of benzene rings is 1. The molecule has 1 aromatic heterocycles. The zero-order valence-corrected chi connectivity index (χ0v) is 13.3. The Bertz CT molecular complexity index is 692. The Hall–Kier alpha value is -2.25. The number of hydrogen-bond donors (Lipinski definition) is 2. The monoisotopic (exact) mass is 316 g/mol. The third kappa shape index (κ3) is 3.57. The molecule has 3 rings (SSSR count). The number of aryl methyl sites for hydroxylation is 2. The minimum atomic E-state index is -0.470. The van der Waals surface area contributed by atoms with Crippen molar-refractivity contribution in [3.8, 4) is 11.5 Å². The van der Waals surface area contributed by atoms with Crippen LogP contribution in [0.5, 0.6) is 0 Å². The predicted molar refractivity (Wildman–Crippen MR) is 85.1 cm³/mol. The number of morpholine rings is 1. The average molecular weight is 316 g/mol. The van der Waals surface area contributed by atoms with E-state index in [0.717, 1.165) is 23.4 Å². The molecule has 2 heterocycles. The van der Waals surface area contributed by atoms with E-state index in [-0.39, 0.29) is 5.91 Å². The number of hydrogen-bond acceptors (Lipinski definition) is 6. The largest absolute Gasteiger partial charge is 0.366 e. The Kier molecular flexibility index (Phi) is 4.68. The number of carbonyl (C=O) groups is 1. The lowest BCUT2D eigenvalue weighted by Crippen LogP contribution is -2.45. The van der Waals surface area contributed by atoms with Crippen LogP contribution in [0.4, 0.5) is 5.69 Å². The molecule has 1 unspecified atom stereocenters. The summed E-state index contributed by atoms with van der Waals surface area (Å²) in [6.45, 7) is 5.74. The second kappa shape index (κ2) is 6.89. The number of amides is 1. The van der Waals surface area contributed by atoms with Gasteiger partial charge in [0.05, 0.1) is 6.61 Å². The van der Waals surface area contributed by atoms with Crippen LogP contribution < -0.4 is 10.6 Å². The molecule has 2 aromatic rings. The van der Waals surface area contributed by atoms with Gasteiger partial charge in [0.1, 0.15) is 6.10 Å². The van der Waals surface area contributed by atoms with Crippen molar-refractivity contribution in [3.63, 3.8) is 0 Å². The van der Waals surface area contributed by atoms with Crippen LogP contribution in [0.2, 0.25) is 0 Å². The third-order valence-corrected chi connectivity index (χ3v) is 3.75. The maximum Gasteiger partial charge on any atom is 0.257 e. The zero-order chi connectivity index (χ0) is 16.2. The van der Waals surface area contributed by atoms with E-state index in [2.05, 4.69) is 20.8 Å². The number of aromatic nitrogens is 2. The highest BCUT2D eigenvalue weighted by Crippen LogP contribution is 2.24. The van der Waals surface area contributed by atoms with E-state index in [1.807, 2.05) is 32.0 Å². The van der Waals surface area contributed by atoms with Gasteiger partial charge in [-0.05, 0) is 24.6 Å². The molecule has 0 aliphatic carbocycles. The Morgan fingerprint density at radius 2 is 2.35 bits per heavy atom. The van der Waals surface area contributed by atoms with Crippen LogP contribution in [0.15, 0.2) is 22.7 Å². The molecule has 0 spiro atoms. The first kappa shape index (κ1) is 15.6. The van der Waals surface area contributed by atoms with Crippen molar-refractivity contribution >= 4 is 11.6 Å². The van der Waals surface area contributed by atoms with Crippen LogP contribution in [0.3, 0.4) is 0 Å². The highest BCUT2D eigenvalue weighted by molar-refractivity contribution is 5.95. The van der Waals surface area contributed by atoms with E-state index in [1.165, 1.54) is 0 Å². The average Bonchev–Trinajstić information content (AvgIpc) is 3.07. The lowest BCUT2D eigenvalue weighted by Gasteiger charge is -2.23. The van der Waals surface area contributed by atoms with Gasteiger partial charge in [-0.2, -0.15) is 4.98 Å². The quantitative estimate of drug-likeness (QED) is 0.889. The molecule has 1 amide bonds. The fraction of sp³-hybridized carbons (Fsp3) is 0.438. The maximum absolute atomic E-state index is 12.3. The van der Waals surface area contributed by atoms with Crippen LogP contribution in [0.1, 0.15) is 18.3 Å². The van der Waals surface area contributed by atoms with Crippen molar-refractivity contribution in [1.82, 2.24) is 15.5 Å². The molecule has 1 aliphatic heterocycles. The van der Waals surface area contributed by atoms with E-state index < -0.39 is 6.10 Å². The van der Waals surface area contributed by atoms with E-state index in [0.29, 0.717) is 31.3 Å². The molecular formula is C16H20N4O3. The van der Waals surface area contributed by atoms with E-state index in [4.69, 9.17) is 9.26 Å². The molecule has 0 radical (unpaired) electrons. The molecule has 7 heteroatoms. The number of ether oxygens (including phenoxy) is 1. The summed E-state index contributed by atoms with van der Waals surface area (Å²) in [5.41, 5.74) is 2.46. The van der Waals surface area contributed by atoms with Crippen molar-refractivity contribution in [2.45, 2.75) is 26.4 Å². The summed E-state index contributed by atoms with van der Waals surface area (Å²) >= 11 is 0. The number of nitrogens with one attached hydrogen (secondary N) is 2. The van der Waals surface area contributed by atoms with E-state index >= 15 is 0 Å². The fourth-order valence-corrected chi connectivity index (χ4v) is 2.35. The SMILES string of the molecule is CCc1noc(-c2ccc(C)c(NC(=O)C3CNCCO3)c2)n1. The molecule has 2 N–H and O–H groups in total. The molecule has 1 atom stereocenters. The first-order valence-electron chi connectivity index (χ1n) is 7.74. The van der Waals surface area contributed by atoms with Crippen LogP contribution in [0.25, 0.3) is 11.5 Å². The number of anilines is 1. The van der Waals surface area contributed by atoms with Gasteiger partial charge in [-0.3, -0.25) is 4.79 Å². The molecule has 1 saturated heterocycles. The minimum Gasteiger partial charge on any atom is -0.366 e.